The first-order valence-electron chi connectivity index (χ1n) is 6.61. The second-order valence-corrected chi connectivity index (χ2v) is 5.94. The van der Waals surface area contributed by atoms with Gasteiger partial charge in [0.25, 0.3) is 0 Å². The minimum absolute atomic E-state index is 0.384. The van der Waals surface area contributed by atoms with Crippen molar-refractivity contribution in [3.8, 4) is 0 Å². The van der Waals surface area contributed by atoms with E-state index in [2.05, 4.69) is 62.7 Å². The number of hydrogen-bond acceptors (Lipinski definition) is 2. The lowest BCUT2D eigenvalue weighted by Gasteiger charge is -2.14. The van der Waals surface area contributed by atoms with Gasteiger partial charge < -0.3 is 10.3 Å². The Balaban J connectivity index is 1.98. The first-order valence-corrected chi connectivity index (χ1v) is 7.40. The number of benzene rings is 2. The van der Waals surface area contributed by atoms with Crippen LogP contribution in [0.3, 0.4) is 0 Å². The fourth-order valence-electron chi connectivity index (χ4n) is 2.47. The van der Waals surface area contributed by atoms with Crippen molar-refractivity contribution in [1.29, 1.82) is 0 Å². The number of nitrogens with zero attached hydrogens (tertiary/aromatic N) is 2. The van der Waals surface area contributed by atoms with Crippen molar-refractivity contribution in [1.82, 2.24) is 9.55 Å². The molecule has 3 nitrogen and oxygen atoms in total. The summed E-state index contributed by atoms with van der Waals surface area (Å²) in [6, 6.07) is 16.5. The molecule has 0 radical (unpaired) electrons. The third-order valence-corrected chi connectivity index (χ3v) is 4.06. The van der Waals surface area contributed by atoms with Crippen LogP contribution in [-0.4, -0.2) is 9.55 Å². The van der Waals surface area contributed by atoms with E-state index in [-0.39, 0.29) is 0 Å². The van der Waals surface area contributed by atoms with Crippen molar-refractivity contribution >= 4 is 32.9 Å². The van der Waals surface area contributed by atoms with Crippen molar-refractivity contribution < 1.29 is 0 Å². The fourth-order valence-corrected chi connectivity index (χ4v) is 2.82. The van der Waals surface area contributed by atoms with Crippen LogP contribution in [0, 0.1) is 0 Å². The quantitative estimate of drug-likeness (QED) is 0.783. The standard InChI is InChI=1S/C16H16BrN3/c1-11(12-5-3-2-4-6-12)10-20-15-9-13(17)7-8-14(15)19-16(20)18/h2-9,11H,10H2,1H3,(H2,18,19). The van der Waals surface area contributed by atoms with Crippen LogP contribution in [-0.2, 0) is 6.54 Å². The summed E-state index contributed by atoms with van der Waals surface area (Å²) in [5, 5.41) is 0. The summed E-state index contributed by atoms with van der Waals surface area (Å²) in [5.41, 5.74) is 9.38. The van der Waals surface area contributed by atoms with Crippen molar-refractivity contribution in [3.05, 3.63) is 58.6 Å². The van der Waals surface area contributed by atoms with Crippen LogP contribution < -0.4 is 5.73 Å². The molecule has 0 saturated carbocycles. The molecule has 3 aromatic rings. The first kappa shape index (κ1) is 13.2. The third kappa shape index (κ3) is 2.43. The van der Waals surface area contributed by atoms with Crippen LogP contribution in [0.25, 0.3) is 11.0 Å². The maximum absolute atomic E-state index is 6.07. The molecule has 1 atom stereocenters. The molecule has 1 aromatic heterocycles. The van der Waals surface area contributed by atoms with Gasteiger partial charge in [-0.2, -0.15) is 0 Å². The number of fused-ring (bicyclic) bond motifs is 1. The number of aromatic nitrogens is 2. The Morgan fingerprint density at radius 3 is 2.70 bits per heavy atom. The molecule has 1 heterocycles. The van der Waals surface area contributed by atoms with E-state index in [1.54, 1.807) is 0 Å². The summed E-state index contributed by atoms with van der Waals surface area (Å²) >= 11 is 3.51. The van der Waals surface area contributed by atoms with Gasteiger partial charge in [-0.3, -0.25) is 0 Å². The fraction of sp³-hybridized carbons (Fsp3) is 0.188. The van der Waals surface area contributed by atoms with Gasteiger partial charge in [-0.1, -0.05) is 53.2 Å². The summed E-state index contributed by atoms with van der Waals surface area (Å²) in [6.07, 6.45) is 0. The molecule has 0 aliphatic carbocycles. The summed E-state index contributed by atoms with van der Waals surface area (Å²) < 4.78 is 3.12. The molecule has 2 aromatic carbocycles. The maximum Gasteiger partial charge on any atom is 0.201 e. The smallest absolute Gasteiger partial charge is 0.201 e. The Labute approximate surface area is 126 Å². The van der Waals surface area contributed by atoms with Gasteiger partial charge in [0.05, 0.1) is 11.0 Å². The van der Waals surface area contributed by atoms with E-state index in [0.29, 0.717) is 11.9 Å². The average molecular weight is 330 g/mol. The van der Waals surface area contributed by atoms with Crippen molar-refractivity contribution in [2.75, 3.05) is 5.73 Å². The van der Waals surface area contributed by atoms with Gasteiger partial charge in [0.2, 0.25) is 5.95 Å². The van der Waals surface area contributed by atoms with Gasteiger partial charge in [-0.05, 0) is 29.7 Å². The number of rotatable bonds is 3. The zero-order valence-electron chi connectivity index (χ0n) is 11.3. The van der Waals surface area contributed by atoms with E-state index in [0.717, 1.165) is 22.1 Å². The van der Waals surface area contributed by atoms with E-state index in [9.17, 15) is 0 Å². The molecule has 102 valence electrons. The Morgan fingerprint density at radius 2 is 1.95 bits per heavy atom. The second kappa shape index (κ2) is 5.29. The Bertz CT molecular complexity index is 734. The molecule has 4 heteroatoms. The number of anilines is 1. The van der Waals surface area contributed by atoms with Gasteiger partial charge >= 0.3 is 0 Å². The van der Waals surface area contributed by atoms with Crippen LogP contribution in [0.15, 0.2) is 53.0 Å². The van der Waals surface area contributed by atoms with Gasteiger partial charge in [-0.15, -0.1) is 0 Å². The zero-order valence-corrected chi connectivity index (χ0v) is 12.8. The Hall–Kier alpha value is -1.81. The van der Waals surface area contributed by atoms with Gasteiger partial charge in [-0.25, -0.2) is 4.98 Å². The lowest BCUT2D eigenvalue weighted by atomic mass is 10.0. The van der Waals surface area contributed by atoms with Gasteiger partial charge in [0.15, 0.2) is 0 Å². The Morgan fingerprint density at radius 1 is 1.20 bits per heavy atom. The second-order valence-electron chi connectivity index (χ2n) is 5.03. The number of nitrogen functional groups attached to an aromatic ring is 1. The van der Waals surface area contributed by atoms with Crippen molar-refractivity contribution in [3.63, 3.8) is 0 Å². The highest BCUT2D eigenvalue weighted by Crippen LogP contribution is 2.25. The molecule has 0 amide bonds. The van der Waals surface area contributed by atoms with E-state index in [1.165, 1.54) is 5.56 Å². The SMILES string of the molecule is CC(Cn1c(N)nc2ccc(Br)cc21)c1ccccc1. The van der Waals surface area contributed by atoms with Crippen LogP contribution in [0.5, 0.6) is 0 Å². The number of hydrogen-bond donors (Lipinski definition) is 1. The average Bonchev–Trinajstić information content (AvgIpc) is 2.76. The van der Waals surface area contributed by atoms with Crippen LogP contribution in [0.1, 0.15) is 18.4 Å². The van der Waals surface area contributed by atoms with Gasteiger partial charge in [0.1, 0.15) is 0 Å². The van der Waals surface area contributed by atoms with Crippen LogP contribution in [0.2, 0.25) is 0 Å². The molecule has 0 bridgehead atoms. The lowest BCUT2D eigenvalue weighted by molar-refractivity contribution is 0.617. The largest absolute Gasteiger partial charge is 0.369 e. The molecule has 0 saturated heterocycles. The zero-order chi connectivity index (χ0) is 14.1. The lowest BCUT2D eigenvalue weighted by Crippen LogP contribution is -2.09. The summed E-state index contributed by atoms with van der Waals surface area (Å²) in [4.78, 5) is 4.42. The monoisotopic (exact) mass is 329 g/mol. The third-order valence-electron chi connectivity index (χ3n) is 3.56. The van der Waals surface area contributed by atoms with E-state index < -0.39 is 0 Å². The molecule has 1 unspecified atom stereocenters. The molecule has 3 rings (SSSR count). The Kier molecular flexibility index (Phi) is 3.49. The number of imidazole rings is 1. The maximum atomic E-state index is 6.07. The number of halogens is 1. The molecular weight excluding hydrogens is 314 g/mol. The highest BCUT2D eigenvalue weighted by Gasteiger charge is 2.12. The van der Waals surface area contributed by atoms with E-state index >= 15 is 0 Å². The predicted molar refractivity (Wildman–Crippen MR) is 86.7 cm³/mol. The molecule has 0 aliphatic heterocycles. The highest BCUT2D eigenvalue weighted by atomic mass is 79.9. The topological polar surface area (TPSA) is 43.8 Å². The molecule has 0 aliphatic rings. The normalized spacial score (nSPS) is 12.7. The first-order chi connectivity index (χ1) is 9.65. The van der Waals surface area contributed by atoms with Crippen LogP contribution in [0.4, 0.5) is 5.95 Å². The predicted octanol–water partition coefficient (Wildman–Crippen LogP) is 4.18. The minimum atomic E-state index is 0.384. The van der Waals surface area contributed by atoms with Crippen LogP contribution >= 0.6 is 15.9 Å². The minimum Gasteiger partial charge on any atom is -0.369 e. The van der Waals surface area contributed by atoms with E-state index in [4.69, 9.17) is 5.73 Å². The summed E-state index contributed by atoms with van der Waals surface area (Å²) in [5.74, 6) is 0.954. The molecule has 0 spiro atoms. The highest BCUT2D eigenvalue weighted by molar-refractivity contribution is 9.10. The molecular formula is C16H16BrN3. The molecule has 2 N–H and O–H groups in total. The van der Waals surface area contributed by atoms with E-state index in [1.807, 2.05) is 18.2 Å². The molecule has 0 fully saturated rings. The summed E-state index contributed by atoms with van der Waals surface area (Å²) in [6.45, 7) is 3.03. The van der Waals surface area contributed by atoms with Crippen molar-refractivity contribution in [2.45, 2.75) is 19.4 Å². The molecule has 20 heavy (non-hydrogen) atoms. The summed E-state index contributed by atoms with van der Waals surface area (Å²) in [7, 11) is 0. The van der Waals surface area contributed by atoms with Crippen molar-refractivity contribution in [2.24, 2.45) is 0 Å². The number of nitrogens with two attached hydrogens (primary N) is 1. The van der Waals surface area contributed by atoms with Gasteiger partial charge in [0, 0.05) is 11.0 Å².